The van der Waals surface area contributed by atoms with Crippen LogP contribution in [-0.2, 0) is 6.54 Å². The SMILES string of the molecule is c1cc(CNCC2CCCC2)c[nH]1. The maximum absolute atomic E-state index is 3.51. The molecule has 1 aromatic heterocycles. The molecule has 0 bridgehead atoms. The second-order valence-electron chi connectivity index (χ2n) is 4.00. The Hall–Kier alpha value is -0.760. The Labute approximate surface area is 79.7 Å². The molecule has 1 saturated carbocycles. The number of rotatable bonds is 4. The van der Waals surface area contributed by atoms with Gasteiger partial charge in [0, 0.05) is 18.9 Å². The summed E-state index contributed by atoms with van der Waals surface area (Å²) >= 11 is 0. The summed E-state index contributed by atoms with van der Waals surface area (Å²) in [6.45, 7) is 2.21. The first-order valence-corrected chi connectivity index (χ1v) is 5.27. The van der Waals surface area contributed by atoms with E-state index >= 15 is 0 Å². The van der Waals surface area contributed by atoms with Crippen molar-refractivity contribution in [1.29, 1.82) is 0 Å². The number of hydrogen-bond donors (Lipinski definition) is 2. The zero-order valence-corrected chi connectivity index (χ0v) is 8.05. The monoisotopic (exact) mass is 178 g/mol. The third kappa shape index (κ3) is 2.59. The van der Waals surface area contributed by atoms with Crippen molar-refractivity contribution in [1.82, 2.24) is 10.3 Å². The van der Waals surface area contributed by atoms with E-state index in [0.717, 1.165) is 12.5 Å². The van der Waals surface area contributed by atoms with E-state index in [1.165, 1.54) is 37.8 Å². The highest BCUT2D eigenvalue weighted by molar-refractivity contribution is 5.07. The van der Waals surface area contributed by atoms with Crippen LogP contribution in [0.25, 0.3) is 0 Å². The van der Waals surface area contributed by atoms with Gasteiger partial charge in [-0.05, 0) is 36.9 Å². The number of aromatic amines is 1. The van der Waals surface area contributed by atoms with Crippen molar-refractivity contribution in [2.75, 3.05) is 6.54 Å². The first-order valence-electron chi connectivity index (χ1n) is 5.27. The molecular formula is C11H18N2. The molecular weight excluding hydrogens is 160 g/mol. The van der Waals surface area contributed by atoms with E-state index in [4.69, 9.17) is 0 Å². The van der Waals surface area contributed by atoms with Crippen LogP contribution in [0.2, 0.25) is 0 Å². The van der Waals surface area contributed by atoms with Gasteiger partial charge in [-0.3, -0.25) is 0 Å². The summed E-state index contributed by atoms with van der Waals surface area (Å²) in [5.41, 5.74) is 1.36. The van der Waals surface area contributed by atoms with Gasteiger partial charge in [0.1, 0.15) is 0 Å². The van der Waals surface area contributed by atoms with E-state index in [2.05, 4.69) is 22.6 Å². The molecule has 0 saturated heterocycles. The normalized spacial score (nSPS) is 18.2. The summed E-state index contributed by atoms with van der Waals surface area (Å²) in [7, 11) is 0. The molecule has 1 heterocycles. The molecule has 0 unspecified atom stereocenters. The Morgan fingerprint density at radius 2 is 2.23 bits per heavy atom. The smallest absolute Gasteiger partial charge is 0.0220 e. The molecule has 0 spiro atoms. The lowest BCUT2D eigenvalue weighted by Gasteiger charge is -2.09. The van der Waals surface area contributed by atoms with Crippen LogP contribution in [-0.4, -0.2) is 11.5 Å². The van der Waals surface area contributed by atoms with E-state index in [1.807, 2.05) is 6.20 Å². The molecule has 2 heteroatoms. The number of nitrogens with one attached hydrogen (secondary N) is 2. The second-order valence-corrected chi connectivity index (χ2v) is 4.00. The topological polar surface area (TPSA) is 27.8 Å². The van der Waals surface area contributed by atoms with Crippen molar-refractivity contribution >= 4 is 0 Å². The molecule has 72 valence electrons. The van der Waals surface area contributed by atoms with Gasteiger partial charge in [0.05, 0.1) is 0 Å². The zero-order chi connectivity index (χ0) is 8.93. The van der Waals surface area contributed by atoms with E-state index in [-0.39, 0.29) is 0 Å². The maximum atomic E-state index is 3.51. The van der Waals surface area contributed by atoms with Gasteiger partial charge >= 0.3 is 0 Å². The highest BCUT2D eigenvalue weighted by Crippen LogP contribution is 2.23. The van der Waals surface area contributed by atoms with Crippen LogP contribution in [0.4, 0.5) is 0 Å². The molecule has 0 atom stereocenters. The molecule has 13 heavy (non-hydrogen) atoms. The molecule has 0 aliphatic heterocycles. The van der Waals surface area contributed by atoms with Gasteiger partial charge in [0.15, 0.2) is 0 Å². The van der Waals surface area contributed by atoms with Gasteiger partial charge in [0.25, 0.3) is 0 Å². The van der Waals surface area contributed by atoms with Crippen molar-refractivity contribution in [2.45, 2.75) is 32.2 Å². The minimum atomic E-state index is 0.943. The molecule has 1 aromatic rings. The summed E-state index contributed by atoms with van der Waals surface area (Å²) < 4.78 is 0. The zero-order valence-electron chi connectivity index (χ0n) is 8.05. The fourth-order valence-electron chi connectivity index (χ4n) is 2.10. The largest absolute Gasteiger partial charge is 0.367 e. The van der Waals surface area contributed by atoms with Crippen LogP contribution in [0.5, 0.6) is 0 Å². The molecule has 0 amide bonds. The van der Waals surface area contributed by atoms with E-state index in [9.17, 15) is 0 Å². The predicted molar refractivity (Wildman–Crippen MR) is 54.5 cm³/mol. The average molecular weight is 178 g/mol. The lowest BCUT2D eigenvalue weighted by molar-refractivity contribution is 0.489. The van der Waals surface area contributed by atoms with Gasteiger partial charge in [-0.25, -0.2) is 0 Å². The summed E-state index contributed by atoms with van der Waals surface area (Å²) in [5, 5.41) is 3.51. The van der Waals surface area contributed by atoms with Crippen molar-refractivity contribution in [3.63, 3.8) is 0 Å². The van der Waals surface area contributed by atoms with E-state index in [0.29, 0.717) is 0 Å². The van der Waals surface area contributed by atoms with Crippen LogP contribution in [0, 0.1) is 5.92 Å². The number of hydrogen-bond acceptors (Lipinski definition) is 1. The lowest BCUT2D eigenvalue weighted by atomic mass is 10.1. The van der Waals surface area contributed by atoms with Crippen molar-refractivity contribution in [2.24, 2.45) is 5.92 Å². The second kappa shape index (κ2) is 4.47. The number of aromatic nitrogens is 1. The Kier molecular flexibility index (Phi) is 3.03. The fraction of sp³-hybridized carbons (Fsp3) is 0.636. The Balaban J connectivity index is 1.63. The van der Waals surface area contributed by atoms with Gasteiger partial charge in [-0.1, -0.05) is 12.8 Å². The standard InChI is InChI=1S/C11H18N2/c1-2-4-10(3-1)7-13-9-11-5-6-12-8-11/h5-6,8,10,12-13H,1-4,7,9H2. The lowest BCUT2D eigenvalue weighted by Crippen LogP contribution is -2.20. The molecule has 1 aliphatic carbocycles. The maximum Gasteiger partial charge on any atom is 0.0220 e. The average Bonchev–Trinajstić information content (AvgIpc) is 2.75. The third-order valence-corrected chi connectivity index (χ3v) is 2.90. The predicted octanol–water partition coefficient (Wildman–Crippen LogP) is 2.29. The van der Waals surface area contributed by atoms with Crippen LogP contribution in [0.1, 0.15) is 31.2 Å². The van der Waals surface area contributed by atoms with Crippen molar-refractivity contribution in [3.8, 4) is 0 Å². The van der Waals surface area contributed by atoms with Crippen molar-refractivity contribution < 1.29 is 0 Å². The molecule has 0 radical (unpaired) electrons. The Morgan fingerprint density at radius 3 is 2.92 bits per heavy atom. The minimum absolute atomic E-state index is 0.943. The minimum Gasteiger partial charge on any atom is -0.367 e. The Bertz CT molecular complexity index is 222. The third-order valence-electron chi connectivity index (χ3n) is 2.90. The quantitative estimate of drug-likeness (QED) is 0.727. The van der Waals surface area contributed by atoms with Crippen LogP contribution in [0.3, 0.4) is 0 Å². The first-order chi connectivity index (χ1) is 6.45. The van der Waals surface area contributed by atoms with Gasteiger partial charge in [-0.2, -0.15) is 0 Å². The molecule has 2 N–H and O–H groups in total. The summed E-state index contributed by atoms with van der Waals surface area (Å²) in [6.07, 6.45) is 9.78. The van der Waals surface area contributed by atoms with Crippen LogP contribution < -0.4 is 5.32 Å². The Morgan fingerprint density at radius 1 is 1.38 bits per heavy atom. The summed E-state index contributed by atoms with van der Waals surface area (Å²) in [6, 6.07) is 2.13. The summed E-state index contributed by atoms with van der Waals surface area (Å²) in [4.78, 5) is 3.07. The number of H-pyrrole nitrogens is 1. The van der Waals surface area contributed by atoms with Crippen LogP contribution >= 0.6 is 0 Å². The molecule has 2 nitrogen and oxygen atoms in total. The van der Waals surface area contributed by atoms with Crippen LogP contribution in [0.15, 0.2) is 18.5 Å². The fourth-order valence-corrected chi connectivity index (χ4v) is 2.10. The summed E-state index contributed by atoms with van der Waals surface area (Å²) in [5.74, 6) is 0.943. The van der Waals surface area contributed by atoms with Gasteiger partial charge in [0.2, 0.25) is 0 Å². The molecule has 0 aromatic carbocycles. The molecule has 2 rings (SSSR count). The first kappa shape index (κ1) is 8.82. The van der Waals surface area contributed by atoms with Gasteiger partial charge < -0.3 is 10.3 Å². The van der Waals surface area contributed by atoms with E-state index < -0.39 is 0 Å². The highest BCUT2D eigenvalue weighted by Gasteiger charge is 2.13. The molecule has 1 aliphatic rings. The van der Waals surface area contributed by atoms with Crippen molar-refractivity contribution in [3.05, 3.63) is 24.0 Å². The van der Waals surface area contributed by atoms with Gasteiger partial charge in [-0.15, -0.1) is 0 Å². The highest BCUT2D eigenvalue weighted by atomic mass is 14.9. The molecule has 1 fully saturated rings. The van der Waals surface area contributed by atoms with E-state index in [1.54, 1.807) is 0 Å².